The van der Waals surface area contributed by atoms with Crippen molar-refractivity contribution in [2.45, 2.75) is 33.0 Å². The second-order valence-electron chi connectivity index (χ2n) is 8.28. The van der Waals surface area contributed by atoms with Crippen molar-refractivity contribution in [3.63, 3.8) is 0 Å². The van der Waals surface area contributed by atoms with Crippen LogP contribution in [0.25, 0.3) is 0 Å². The topological polar surface area (TPSA) is 57.5 Å². The molecule has 1 aromatic carbocycles. The molecule has 3 atom stereocenters. The Labute approximate surface area is 166 Å². The summed E-state index contributed by atoms with van der Waals surface area (Å²) in [5.41, 5.74) is 2.54. The number of likely N-dealkylation sites (tertiary alicyclic amines) is 2. The number of benzene rings is 1. The van der Waals surface area contributed by atoms with Gasteiger partial charge in [-0.2, -0.15) is 0 Å². The van der Waals surface area contributed by atoms with Crippen molar-refractivity contribution in [2.75, 3.05) is 33.7 Å². The van der Waals surface area contributed by atoms with E-state index in [0.29, 0.717) is 11.8 Å². The summed E-state index contributed by atoms with van der Waals surface area (Å²) in [5, 5.41) is 8.37. The second-order valence-corrected chi connectivity index (χ2v) is 8.28. The van der Waals surface area contributed by atoms with Gasteiger partial charge in [0.2, 0.25) is 0 Å². The molecule has 4 rings (SSSR count). The van der Waals surface area contributed by atoms with Gasteiger partial charge in [0, 0.05) is 46.2 Å². The molecule has 28 heavy (non-hydrogen) atoms. The average Bonchev–Trinajstić information content (AvgIpc) is 3.36. The zero-order valence-electron chi connectivity index (χ0n) is 17.2. The average molecular weight is 383 g/mol. The van der Waals surface area contributed by atoms with E-state index in [4.69, 9.17) is 0 Å². The van der Waals surface area contributed by atoms with Crippen molar-refractivity contribution in [1.29, 1.82) is 0 Å². The maximum Gasteiger partial charge on any atom is 0.320 e. The number of urea groups is 1. The molecule has 3 heterocycles. The summed E-state index contributed by atoms with van der Waals surface area (Å²) in [6, 6.07) is 8.74. The Bertz CT molecular complexity index is 847. The fourth-order valence-corrected chi connectivity index (χ4v) is 4.90. The van der Waals surface area contributed by atoms with Gasteiger partial charge in [-0.3, -0.25) is 4.90 Å². The monoisotopic (exact) mass is 382 g/mol. The highest BCUT2D eigenvalue weighted by Gasteiger charge is 2.49. The minimum atomic E-state index is 0.111. The molecule has 0 aliphatic carbocycles. The normalized spacial score (nSPS) is 24.6. The van der Waals surface area contributed by atoms with E-state index in [1.54, 1.807) is 11.2 Å². The van der Waals surface area contributed by atoms with Crippen LogP contribution in [-0.4, -0.2) is 69.2 Å². The number of hydrogen-bond donors (Lipinski definition) is 0. The number of amides is 2. The summed E-state index contributed by atoms with van der Waals surface area (Å²) in [6.45, 7) is 8.78. The van der Waals surface area contributed by atoms with Crippen LogP contribution in [0.4, 0.5) is 4.79 Å². The molecule has 2 aliphatic rings. The van der Waals surface area contributed by atoms with E-state index in [0.717, 1.165) is 38.5 Å². The van der Waals surface area contributed by atoms with E-state index >= 15 is 0 Å². The van der Waals surface area contributed by atoms with E-state index in [1.165, 1.54) is 11.1 Å². The smallest absolute Gasteiger partial charge is 0.320 e. The Morgan fingerprint density at radius 2 is 2.00 bits per heavy atom. The maximum absolute atomic E-state index is 12.9. The Kier molecular flexibility index (Phi) is 5.10. The lowest BCUT2D eigenvalue weighted by molar-refractivity contribution is 0.151. The number of carbonyl (C=O) groups excluding carboxylic acids is 1. The predicted octanol–water partition coefficient (Wildman–Crippen LogP) is 2.39. The molecule has 7 heteroatoms. The van der Waals surface area contributed by atoms with Crippen molar-refractivity contribution in [2.24, 2.45) is 11.8 Å². The minimum Gasteiger partial charge on any atom is -0.331 e. The number of aromatic nitrogens is 3. The molecule has 150 valence electrons. The molecule has 7 nitrogen and oxygen atoms in total. The van der Waals surface area contributed by atoms with Crippen molar-refractivity contribution in [1.82, 2.24) is 29.5 Å². The number of hydrogen-bond acceptors (Lipinski definition) is 4. The van der Waals surface area contributed by atoms with Crippen molar-refractivity contribution in [3.05, 3.63) is 47.5 Å². The van der Waals surface area contributed by atoms with E-state index in [-0.39, 0.29) is 12.1 Å². The van der Waals surface area contributed by atoms with Crippen LogP contribution in [-0.2, 0) is 13.1 Å². The Hall–Kier alpha value is -2.41. The third-order valence-electron chi connectivity index (χ3n) is 6.28. The van der Waals surface area contributed by atoms with Crippen molar-refractivity contribution in [3.8, 4) is 0 Å². The Morgan fingerprint density at radius 1 is 1.21 bits per heavy atom. The van der Waals surface area contributed by atoms with E-state index in [9.17, 15) is 4.79 Å². The third-order valence-corrected chi connectivity index (χ3v) is 6.28. The van der Waals surface area contributed by atoms with Gasteiger partial charge in [0.15, 0.2) is 0 Å². The fourth-order valence-electron chi connectivity index (χ4n) is 4.90. The number of aryl methyl sites for hydroxylation is 2. The summed E-state index contributed by atoms with van der Waals surface area (Å²) < 4.78 is 2.11. The zero-order chi connectivity index (χ0) is 19.8. The molecule has 2 aromatic rings. The summed E-state index contributed by atoms with van der Waals surface area (Å²) >= 11 is 0. The van der Waals surface area contributed by atoms with Gasteiger partial charge in [-0.1, -0.05) is 24.3 Å². The molecule has 2 amide bonds. The standard InChI is InChI=1S/C21H30N6O/c1-5-26-14-22-23-19(26)13-25-10-16-11-27(21(28)24(3)4)20(18(16)12-25)17-9-7-6-8-15(17)2/h6-9,14,16,18,20H,5,10-13H2,1-4H3/t16-,18-,20+/m1/s1. The van der Waals surface area contributed by atoms with Gasteiger partial charge in [-0.15, -0.1) is 10.2 Å². The largest absolute Gasteiger partial charge is 0.331 e. The predicted molar refractivity (Wildman–Crippen MR) is 108 cm³/mol. The number of fused-ring (bicyclic) bond motifs is 1. The molecule has 0 unspecified atom stereocenters. The maximum atomic E-state index is 12.9. The van der Waals surface area contributed by atoms with Gasteiger partial charge >= 0.3 is 6.03 Å². The van der Waals surface area contributed by atoms with Crippen LogP contribution in [0.3, 0.4) is 0 Å². The first kappa shape index (κ1) is 18.9. The van der Waals surface area contributed by atoms with Gasteiger partial charge in [0.1, 0.15) is 12.2 Å². The molecule has 0 saturated carbocycles. The van der Waals surface area contributed by atoms with Crippen LogP contribution >= 0.6 is 0 Å². The second kappa shape index (κ2) is 7.54. The summed E-state index contributed by atoms with van der Waals surface area (Å²) in [4.78, 5) is 19.2. The summed E-state index contributed by atoms with van der Waals surface area (Å²) in [5.74, 6) is 1.96. The van der Waals surface area contributed by atoms with E-state index in [1.807, 2.05) is 14.1 Å². The van der Waals surface area contributed by atoms with E-state index < -0.39 is 0 Å². The lowest BCUT2D eigenvalue weighted by atomic mass is 9.88. The molecule has 0 N–H and O–H groups in total. The fraction of sp³-hybridized carbons (Fsp3) is 0.571. The molecule has 2 fully saturated rings. The molecular weight excluding hydrogens is 352 g/mol. The van der Waals surface area contributed by atoms with E-state index in [2.05, 4.69) is 62.7 Å². The molecular formula is C21H30N6O. The first-order valence-corrected chi connectivity index (χ1v) is 10.1. The quantitative estimate of drug-likeness (QED) is 0.815. The molecule has 0 spiro atoms. The van der Waals surface area contributed by atoms with Crippen LogP contribution < -0.4 is 0 Å². The zero-order valence-corrected chi connectivity index (χ0v) is 17.2. The number of nitrogens with zero attached hydrogens (tertiary/aromatic N) is 6. The molecule has 2 aliphatic heterocycles. The van der Waals surface area contributed by atoms with Gasteiger partial charge in [0.05, 0.1) is 12.6 Å². The lowest BCUT2D eigenvalue weighted by Gasteiger charge is -2.32. The highest BCUT2D eigenvalue weighted by atomic mass is 16.2. The highest BCUT2D eigenvalue weighted by molar-refractivity contribution is 5.75. The molecule has 2 saturated heterocycles. The lowest BCUT2D eigenvalue weighted by Crippen LogP contribution is -2.41. The Morgan fingerprint density at radius 3 is 2.71 bits per heavy atom. The molecule has 0 radical (unpaired) electrons. The number of carbonyl (C=O) groups is 1. The molecule has 1 aromatic heterocycles. The van der Waals surface area contributed by atoms with Crippen molar-refractivity contribution >= 4 is 6.03 Å². The van der Waals surface area contributed by atoms with Crippen molar-refractivity contribution < 1.29 is 4.79 Å². The third kappa shape index (κ3) is 3.28. The summed E-state index contributed by atoms with van der Waals surface area (Å²) in [7, 11) is 3.68. The first-order valence-electron chi connectivity index (χ1n) is 10.1. The van der Waals surface area contributed by atoms with Crippen LogP contribution in [0.5, 0.6) is 0 Å². The highest BCUT2D eigenvalue weighted by Crippen LogP contribution is 2.46. The van der Waals surface area contributed by atoms with Gasteiger partial charge in [0.25, 0.3) is 0 Å². The van der Waals surface area contributed by atoms with Crippen LogP contribution in [0.1, 0.15) is 29.9 Å². The van der Waals surface area contributed by atoms with Gasteiger partial charge < -0.3 is 14.4 Å². The SMILES string of the molecule is CCn1cnnc1CN1C[C@@H]2CN(C(=O)N(C)C)[C@@H](c3ccccc3C)[C@@H]2C1. The van der Waals surface area contributed by atoms with Gasteiger partial charge in [-0.05, 0) is 30.9 Å². The Balaban J connectivity index is 1.59. The minimum absolute atomic E-state index is 0.111. The van der Waals surface area contributed by atoms with Gasteiger partial charge in [-0.25, -0.2) is 4.79 Å². The summed E-state index contributed by atoms with van der Waals surface area (Å²) in [6.07, 6.45) is 1.81. The first-order chi connectivity index (χ1) is 13.5. The van der Waals surface area contributed by atoms with Crippen LogP contribution in [0.2, 0.25) is 0 Å². The number of rotatable bonds is 4. The molecule has 0 bridgehead atoms. The van der Waals surface area contributed by atoms with Crippen LogP contribution in [0.15, 0.2) is 30.6 Å². The van der Waals surface area contributed by atoms with Crippen LogP contribution in [0, 0.1) is 18.8 Å².